The van der Waals surface area contributed by atoms with Crippen LogP contribution in [0.5, 0.6) is 0 Å². The van der Waals surface area contributed by atoms with Crippen molar-refractivity contribution in [3.8, 4) is 11.3 Å². The monoisotopic (exact) mass is 497 g/mol. The maximum Gasteiger partial charge on any atom is 0.277 e. The molecule has 1 heterocycles. The number of aromatic nitrogens is 1. The van der Waals surface area contributed by atoms with E-state index in [1.807, 2.05) is 0 Å². The van der Waals surface area contributed by atoms with E-state index in [4.69, 9.17) is 0 Å². The molecule has 1 aliphatic carbocycles. The van der Waals surface area contributed by atoms with Gasteiger partial charge in [0.15, 0.2) is 0 Å². The molecule has 7 nitrogen and oxygen atoms in total. The summed E-state index contributed by atoms with van der Waals surface area (Å²) in [5, 5.41) is 19.1. The van der Waals surface area contributed by atoms with Gasteiger partial charge in [-0.3, -0.25) is 0 Å². The normalized spacial score (nSPS) is 20.3. The minimum Gasteiger partial charge on any atom is -0.395 e. The molecule has 0 bridgehead atoms. The highest BCUT2D eigenvalue weighted by molar-refractivity contribution is 7.87. The minimum atomic E-state index is -3.94. The van der Waals surface area contributed by atoms with Crippen LogP contribution < -0.4 is 9.44 Å². The van der Waals surface area contributed by atoms with E-state index in [0.29, 0.717) is 35.0 Å². The molecular formula is C23H26F3N3O4S. The van der Waals surface area contributed by atoms with E-state index in [2.05, 4.69) is 14.4 Å². The van der Waals surface area contributed by atoms with Gasteiger partial charge in [0, 0.05) is 18.0 Å². The molecule has 0 radical (unpaired) electrons. The number of hydrogen-bond donors (Lipinski definition) is 5. The van der Waals surface area contributed by atoms with Crippen LogP contribution in [0.4, 0.5) is 13.2 Å². The highest BCUT2D eigenvalue weighted by atomic mass is 32.2. The molecule has 34 heavy (non-hydrogen) atoms. The van der Waals surface area contributed by atoms with Gasteiger partial charge in [-0.1, -0.05) is 0 Å². The lowest BCUT2D eigenvalue weighted by Crippen LogP contribution is -2.50. The van der Waals surface area contributed by atoms with Gasteiger partial charge >= 0.3 is 0 Å². The van der Waals surface area contributed by atoms with Crippen molar-refractivity contribution < 1.29 is 31.8 Å². The number of aromatic amines is 1. The summed E-state index contributed by atoms with van der Waals surface area (Å²) in [5.41, 5.74) is 2.09. The lowest BCUT2D eigenvalue weighted by atomic mass is 9.70. The van der Waals surface area contributed by atoms with E-state index < -0.39 is 46.4 Å². The standard InChI is InChI=1S/C23H26F3N3O4S/c1-12(31)20(11-30)29-34(32,33)27-10-13-6-15(7-13)21-18-8-17(25)9-19(26)23(18)28-22(21)14-2-4-16(24)5-3-14/h2-5,8-9,12-13,15,20,27-31H,6-7,10-11H2,1H3/t12-,13?,15?,20-/m1/s1. The molecule has 2 aromatic carbocycles. The average Bonchev–Trinajstić information content (AvgIpc) is 3.10. The maximum atomic E-state index is 14.5. The Labute approximate surface area is 195 Å². The number of rotatable bonds is 9. The lowest BCUT2D eigenvalue weighted by Gasteiger charge is -2.36. The quantitative estimate of drug-likeness (QED) is 0.313. The molecule has 0 unspecified atom stereocenters. The SMILES string of the molecule is C[C@@H](O)[C@@H](CO)NS(=O)(=O)NCC1CC(c2c(-c3ccc(F)cc3)[nH]c3c(F)cc(F)cc23)C1. The number of H-pyrrole nitrogens is 1. The molecule has 4 rings (SSSR count). The summed E-state index contributed by atoms with van der Waals surface area (Å²) in [5.74, 6) is -1.95. The van der Waals surface area contributed by atoms with Crippen LogP contribution in [0.1, 0.15) is 31.2 Å². The second kappa shape index (κ2) is 9.67. The summed E-state index contributed by atoms with van der Waals surface area (Å²) >= 11 is 0. The molecule has 0 amide bonds. The Bertz CT molecular complexity index is 1270. The molecule has 0 saturated heterocycles. The van der Waals surface area contributed by atoms with E-state index in [1.165, 1.54) is 25.1 Å². The van der Waals surface area contributed by atoms with Gasteiger partial charge in [0.1, 0.15) is 17.5 Å². The molecule has 11 heteroatoms. The molecule has 2 atom stereocenters. The minimum absolute atomic E-state index is 0.0230. The van der Waals surface area contributed by atoms with Crippen LogP contribution in [0.15, 0.2) is 36.4 Å². The highest BCUT2D eigenvalue weighted by Crippen LogP contribution is 2.48. The molecule has 184 valence electrons. The number of hydrogen-bond acceptors (Lipinski definition) is 4. The van der Waals surface area contributed by atoms with Crippen molar-refractivity contribution in [2.24, 2.45) is 5.92 Å². The third-order valence-corrected chi connectivity index (χ3v) is 7.45. The third-order valence-electron chi connectivity index (χ3n) is 6.29. The van der Waals surface area contributed by atoms with Crippen molar-refractivity contribution >= 4 is 21.1 Å². The molecular weight excluding hydrogens is 471 g/mol. The Balaban J connectivity index is 1.53. The first-order valence-corrected chi connectivity index (χ1v) is 12.4. The molecule has 1 aliphatic rings. The largest absolute Gasteiger partial charge is 0.395 e. The third kappa shape index (κ3) is 5.13. The molecule has 1 aromatic heterocycles. The molecule has 1 fully saturated rings. The molecule has 3 aromatic rings. The zero-order valence-corrected chi connectivity index (χ0v) is 19.2. The van der Waals surface area contributed by atoms with Gasteiger partial charge in [0.25, 0.3) is 10.2 Å². The second-order valence-electron chi connectivity index (χ2n) is 8.76. The zero-order chi connectivity index (χ0) is 24.6. The highest BCUT2D eigenvalue weighted by Gasteiger charge is 2.35. The fourth-order valence-electron chi connectivity index (χ4n) is 4.40. The summed E-state index contributed by atoms with van der Waals surface area (Å²) in [6, 6.07) is 6.75. The summed E-state index contributed by atoms with van der Waals surface area (Å²) in [4.78, 5) is 3.02. The number of aliphatic hydroxyl groups is 2. The molecule has 1 saturated carbocycles. The number of fused-ring (bicyclic) bond motifs is 1. The fourth-order valence-corrected chi connectivity index (χ4v) is 5.61. The average molecular weight is 498 g/mol. The summed E-state index contributed by atoms with van der Waals surface area (Å²) in [6.07, 6.45) is 0.0747. The topological polar surface area (TPSA) is 114 Å². The van der Waals surface area contributed by atoms with Crippen LogP contribution in [-0.4, -0.2) is 48.9 Å². The number of aliphatic hydroxyl groups excluding tert-OH is 2. The van der Waals surface area contributed by atoms with Crippen molar-refractivity contribution in [1.29, 1.82) is 0 Å². The van der Waals surface area contributed by atoms with Gasteiger partial charge in [-0.15, -0.1) is 0 Å². The van der Waals surface area contributed by atoms with E-state index in [-0.39, 0.29) is 23.9 Å². The Morgan fingerprint density at radius 1 is 1.12 bits per heavy atom. The molecule has 5 N–H and O–H groups in total. The summed E-state index contributed by atoms with van der Waals surface area (Å²) in [7, 11) is -3.94. The zero-order valence-electron chi connectivity index (χ0n) is 18.4. The van der Waals surface area contributed by atoms with Crippen molar-refractivity contribution in [2.45, 2.75) is 37.8 Å². The fraction of sp³-hybridized carbons (Fsp3) is 0.391. The van der Waals surface area contributed by atoms with E-state index in [9.17, 15) is 31.8 Å². The number of benzene rings is 2. The van der Waals surface area contributed by atoms with Crippen molar-refractivity contribution in [3.63, 3.8) is 0 Å². The Morgan fingerprint density at radius 3 is 2.41 bits per heavy atom. The van der Waals surface area contributed by atoms with Crippen LogP contribution in [-0.2, 0) is 10.2 Å². The van der Waals surface area contributed by atoms with E-state index in [1.54, 1.807) is 12.1 Å². The van der Waals surface area contributed by atoms with Gasteiger partial charge in [-0.05, 0) is 73.1 Å². The van der Waals surface area contributed by atoms with Crippen LogP contribution in [0.3, 0.4) is 0 Å². The smallest absolute Gasteiger partial charge is 0.277 e. The van der Waals surface area contributed by atoms with E-state index >= 15 is 0 Å². The Kier molecular flexibility index (Phi) is 7.02. The molecule has 0 spiro atoms. The van der Waals surface area contributed by atoms with Gasteiger partial charge in [-0.2, -0.15) is 13.1 Å². The number of nitrogens with one attached hydrogen (secondary N) is 3. The summed E-state index contributed by atoms with van der Waals surface area (Å²) in [6.45, 7) is 0.941. The van der Waals surface area contributed by atoms with Gasteiger partial charge < -0.3 is 15.2 Å². The predicted molar refractivity (Wildman–Crippen MR) is 122 cm³/mol. The van der Waals surface area contributed by atoms with Gasteiger partial charge in [0.2, 0.25) is 0 Å². The van der Waals surface area contributed by atoms with Crippen molar-refractivity contribution in [1.82, 2.24) is 14.4 Å². The first kappa shape index (κ1) is 24.7. The van der Waals surface area contributed by atoms with Crippen molar-refractivity contribution in [2.75, 3.05) is 13.2 Å². The lowest BCUT2D eigenvalue weighted by molar-refractivity contribution is 0.115. The van der Waals surface area contributed by atoms with Crippen LogP contribution in [0.2, 0.25) is 0 Å². The van der Waals surface area contributed by atoms with E-state index in [0.717, 1.165) is 6.07 Å². The van der Waals surface area contributed by atoms with Gasteiger partial charge in [-0.25, -0.2) is 17.9 Å². The van der Waals surface area contributed by atoms with Crippen molar-refractivity contribution in [3.05, 3.63) is 59.4 Å². The second-order valence-corrected chi connectivity index (χ2v) is 10.3. The van der Waals surface area contributed by atoms with Crippen LogP contribution in [0.25, 0.3) is 22.2 Å². The predicted octanol–water partition coefficient (Wildman–Crippen LogP) is 2.91. The maximum absolute atomic E-state index is 14.5. The Hall–Kier alpha value is -2.44. The molecule has 0 aliphatic heterocycles. The number of halogens is 3. The first-order valence-electron chi connectivity index (χ1n) is 10.9. The Morgan fingerprint density at radius 2 is 1.79 bits per heavy atom. The van der Waals surface area contributed by atoms with Crippen LogP contribution in [0, 0.1) is 23.4 Å². The first-order chi connectivity index (χ1) is 16.1. The summed E-state index contributed by atoms with van der Waals surface area (Å²) < 4.78 is 71.0. The van der Waals surface area contributed by atoms with Gasteiger partial charge in [0.05, 0.1) is 30.0 Å². The van der Waals surface area contributed by atoms with Crippen LogP contribution >= 0.6 is 0 Å².